The van der Waals surface area contributed by atoms with Gasteiger partial charge in [0.25, 0.3) is 0 Å². The van der Waals surface area contributed by atoms with Gasteiger partial charge < -0.3 is 4.90 Å². The second kappa shape index (κ2) is 3.43. The van der Waals surface area contributed by atoms with E-state index in [1.54, 1.807) is 15.3 Å². The molecule has 0 N–H and O–H groups in total. The summed E-state index contributed by atoms with van der Waals surface area (Å²) in [4.78, 5) is 5.58. The third kappa shape index (κ3) is 1.79. The van der Waals surface area contributed by atoms with Crippen molar-refractivity contribution in [2.45, 2.75) is 32.7 Å². The third-order valence-electron chi connectivity index (χ3n) is 2.65. The van der Waals surface area contributed by atoms with Crippen LogP contribution < -0.4 is 0 Å². The van der Waals surface area contributed by atoms with Crippen molar-refractivity contribution in [3.05, 3.63) is 21.4 Å². The average molecular weight is 195 g/mol. The molecule has 2 heterocycles. The van der Waals surface area contributed by atoms with Gasteiger partial charge in [0, 0.05) is 22.8 Å². The Labute approximate surface area is 84.4 Å². The van der Waals surface area contributed by atoms with Crippen LogP contribution in [0.25, 0.3) is 0 Å². The van der Waals surface area contributed by atoms with Gasteiger partial charge in [-0.1, -0.05) is 13.8 Å². The van der Waals surface area contributed by atoms with Crippen LogP contribution in [-0.2, 0) is 13.0 Å². The molecule has 0 fully saturated rings. The molecule has 0 radical (unpaired) electrons. The predicted molar refractivity (Wildman–Crippen MR) is 58.4 cm³/mol. The lowest BCUT2D eigenvalue weighted by molar-refractivity contribution is 0.315. The maximum absolute atomic E-state index is 2.40. The average Bonchev–Trinajstić information content (AvgIpc) is 2.46. The maximum Gasteiger partial charge on any atom is 0.0241 e. The standard InChI is InChI=1S/C11H17NS/c1-8(2)11-6-9-7-12(3)5-4-10(9)13-11/h6,8H,4-5,7H2,1-3H3. The Kier molecular flexibility index (Phi) is 2.43. The molecule has 2 rings (SSSR count). The second-order valence-electron chi connectivity index (χ2n) is 4.24. The molecular formula is C11H17NS. The summed E-state index contributed by atoms with van der Waals surface area (Å²) < 4.78 is 0. The van der Waals surface area contributed by atoms with Crippen molar-refractivity contribution in [2.24, 2.45) is 0 Å². The van der Waals surface area contributed by atoms with E-state index in [1.165, 1.54) is 13.0 Å². The zero-order chi connectivity index (χ0) is 9.42. The molecule has 0 unspecified atom stereocenters. The maximum atomic E-state index is 2.40. The van der Waals surface area contributed by atoms with Gasteiger partial charge in [-0.3, -0.25) is 0 Å². The van der Waals surface area contributed by atoms with Crippen molar-refractivity contribution in [3.63, 3.8) is 0 Å². The molecule has 0 aromatic carbocycles. The Morgan fingerprint density at radius 2 is 2.23 bits per heavy atom. The number of hydrogen-bond donors (Lipinski definition) is 0. The minimum atomic E-state index is 0.695. The lowest BCUT2D eigenvalue weighted by Crippen LogP contribution is -2.25. The Balaban J connectivity index is 2.28. The molecule has 0 spiro atoms. The molecule has 0 saturated carbocycles. The van der Waals surface area contributed by atoms with Crippen LogP contribution in [0.4, 0.5) is 0 Å². The first-order valence-corrected chi connectivity index (χ1v) is 5.78. The molecule has 1 aliphatic heterocycles. The molecule has 0 aliphatic carbocycles. The fourth-order valence-corrected chi connectivity index (χ4v) is 2.95. The summed E-state index contributed by atoms with van der Waals surface area (Å²) in [7, 11) is 2.20. The van der Waals surface area contributed by atoms with Gasteiger partial charge in [-0.05, 0) is 31.0 Å². The number of likely N-dealkylation sites (N-methyl/N-ethyl adjacent to an activating group) is 1. The predicted octanol–water partition coefficient (Wildman–Crippen LogP) is 2.86. The lowest BCUT2D eigenvalue weighted by Gasteiger charge is -2.21. The molecule has 1 aromatic rings. The first-order chi connectivity index (χ1) is 6.16. The van der Waals surface area contributed by atoms with Gasteiger partial charge in [0.15, 0.2) is 0 Å². The highest BCUT2D eigenvalue weighted by molar-refractivity contribution is 7.12. The molecule has 2 heteroatoms. The zero-order valence-corrected chi connectivity index (χ0v) is 9.45. The molecule has 0 bridgehead atoms. The topological polar surface area (TPSA) is 3.24 Å². The molecule has 1 aromatic heterocycles. The Hall–Kier alpha value is -0.340. The van der Waals surface area contributed by atoms with E-state index in [1.807, 2.05) is 11.3 Å². The summed E-state index contributed by atoms with van der Waals surface area (Å²) in [5.41, 5.74) is 1.57. The molecule has 0 amide bonds. The van der Waals surface area contributed by atoms with Crippen LogP contribution in [-0.4, -0.2) is 18.5 Å². The number of rotatable bonds is 1. The fourth-order valence-electron chi connectivity index (χ4n) is 1.78. The Morgan fingerprint density at radius 3 is 2.92 bits per heavy atom. The number of nitrogens with zero attached hydrogens (tertiary/aromatic N) is 1. The van der Waals surface area contributed by atoms with Crippen LogP contribution in [0.3, 0.4) is 0 Å². The van der Waals surface area contributed by atoms with E-state index in [2.05, 4.69) is 31.9 Å². The van der Waals surface area contributed by atoms with Crippen LogP contribution in [0.1, 0.15) is 35.1 Å². The van der Waals surface area contributed by atoms with E-state index < -0.39 is 0 Å². The first-order valence-electron chi connectivity index (χ1n) is 4.97. The van der Waals surface area contributed by atoms with E-state index in [4.69, 9.17) is 0 Å². The zero-order valence-electron chi connectivity index (χ0n) is 8.63. The molecule has 1 nitrogen and oxygen atoms in total. The van der Waals surface area contributed by atoms with Crippen molar-refractivity contribution in [1.82, 2.24) is 4.90 Å². The fraction of sp³-hybridized carbons (Fsp3) is 0.636. The quantitative estimate of drug-likeness (QED) is 0.666. The highest BCUT2D eigenvalue weighted by Gasteiger charge is 2.17. The van der Waals surface area contributed by atoms with Gasteiger partial charge in [-0.2, -0.15) is 0 Å². The first kappa shape index (κ1) is 9.22. The van der Waals surface area contributed by atoms with Crippen molar-refractivity contribution < 1.29 is 0 Å². The van der Waals surface area contributed by atoms with Gasteiger partial charge in [0.1, 0.15) is 0 Å². The lowest BCUT2D eigenvalue weighted by atomic mass is 10.1. The van der Waals surface area contributed by atoms with Gasteiger partial charge >= 0.3 is 0 Å². The summed E-state index contributed by atoms with van der Waals surface area (Å²) >= 11 is 2.02. The number of hydrogen-bond acceptors (Lipinski definition) is 2. The molecule has 0 saturated heterocycles. The van der Waals surface area contributed by atoms with Crippen LogP contribution in [0.5, 0.6) is 0 Å². The van der Waals surface area contributed by atoms with Gasteiger partial charge in [-0.25, -0.2) is 0 Å². The van der Waals surface area contributed by atoms with E-state index in [9.17, 15) is 0 Å². The number of fused-ring (bicyclic) bond motifs is 1. The number of thiophene rings is 1. The summed E-state index contributed by atoms with van der Waals surface area (Å²) in [6.07, 6.45) is 1.25. The van der Waals surface area contributed by atoms with Crippen LogP contribution >= 0.6 is 11.3 Å². The Morgan fingerprint density at radius 1 is 1.46 bits per heavy atom. The van der Waals surface area contributed by atoms with Gasteiger partial charge in [0.05, 0.1) is 0 Å². The summed E-state index contributed by atoms with van der Waals surface area (Å²) in [6, 6.07) is 2.40. The third-order valence-corrected chi connectivity index (χ3v) is 4.18. The molecule has 13 heavy (non-hydrogen) atoms. The summed E-state index contributed by atoms with van der Waals surface area (Å²) in [6.45, 7) is 6.94. The minimum absolute atomic E-state index is 0.695. The largest absolute Gasteiger partial charge is 0.302 e. The van der Waals surface area contributed by atoms with Gasteiger partial charge in [0.2, 0.25) is 0 Å². The molecular weight excluding hydrogens is 178 g/mol. The molecule has 72 valence electrons. The van der Waals surface area contributed by atoms with E-state index in [0.29, 0.717) is 5.92 Å². The van der Waals surface area contributed by atoms with Gasteiger partial charge in [-0.15, -0.1) is 11.3 Å². The van der Waals surface area contributed by atoms with E-state index in [-0.39, 0.29) is 0 Å². The SMILES string of the molecule is CC(C)c1cc2c(s1)CCN(C)C2. The van der Waals surface area contributed by atoms with Crippen molar-refractivity contribution in [3.8, 4) is 0 Å². The van der Waals surface area contributed by atoms with Crippen molar-refractivity contribution in [2.75, 3.05) is 13.6 Å². The van der Waals surface area contributed by atoms with Crippen LogP contribution in [0, 0.1) is 0 Å². The molecule has 0 atom stereocenters. The van der Waals surface area contributed by atoms with Crippen LogP contribution in [0.2, 0.25) is 0 Å². The smallest absolute Gasteiger partial charge is 0.0241 e. The van der Waals surface area contributed by atoms with Crippen molar-refractivity contribution in [1.29, 1.82) is 0 Å². The van der Waals surface area contributed by atoms with Crippen molar-refractivity contribution >= 4 is 11.3 Å². The van der Waals surface area contributed by atoms with E-state index in [0.717, 1.165) is 6.54 Å². The van der Waals surface area contributed by atoms with E-state index >= 15 is 0 Å². The normalized spacial score (nSPS) is 17.8. The second-order valence-corrected chi connectivity index (χ2v) is 5.41. The highest BCUT2D eigenvalue weighted by Crippen LogP contribution is 2.31. The highest BCUT2D eigenvalue weighted by atomic mass is 32.1. The molecule has 1 aliphatic rings. The summed E-state index contributed by atoms with van der Waals surface area (Å²) in [5, 5.41) is 0. The Bertz CT molecular complexity index is 301. The summed E-state index contributed by atoms with van der Waals surface area (Å²) in [5.74, 6) is 0.695. The monoisotopic (exact) mass is 195 g/mol. The minimum Gasteiger partial charge on any atom is -0.302 e. The van der Waals surface area contributed by atoms with Crippen LogP contribution in [0.15, 0.2) is 6.07 Å².